The van der Waals surface area contributed by atoms with Gasteiger partial charge in [-0.15, -0.1) is 0 Å². The van der Waals surface area contributed by atoms with Crippen LogP contribution < -0.4 is 11.1 Å². The van der Waals surface area contributed by atoms with Crippen molar-refractivity contribution in [2.75, 3.05) is 6.61 Å². The van der Waals surface area contributed by atoms with Crippen LogP contribution in [-0.4, -0.2) is 76.4 Å². The van der Waals surface area contributed by atoms with Gasteiger partial charge in [0.1, 0.15) is 24.4 Å². The van der Waals surface area contributed by atoms with Crippen molar-refractivity contribution < 1.29 is 34.4 Å². The highest BCUT2D eigenvalue weighted by molar-refractivity contribution is 5.73. The quantitative estimate of drug-likeness (QED) is 0.336. The smallest absolute Gasteiger partial charge is 0.220 e. The molecule has 0 aliphatic carbocycles. The molecule has 1 amide bonds. The van der Waals surface area contributed by atoms with Crippen LogP contribution in [0.15, 0.2) is 0 Å². The van der Waals surface area contributed by atoms with Crippen molar-refractivity contribution in [2.24, 2.45) is 5.73 Å². The van der Waals surface area contributed by atoms with Crippen LogP contribution >= 0.6 is 0 Å². The van der Waals surface area contributed by atoms with E-state index in [1.165, 1.54) is 6.92 Å². The lowest BCUT2D eigenvalue weighted by atomic mass is 9.91. The van der Waals surface area contributed by atoms with Crippen LogP contribution in [0.1, 0.15) is 33.6 Å². The second-order valence-corrected chi connectivity index (χ2v) is 6.19. The molecule has 0 saturated carbocycles. The summed E-state index contributed by atoms with van der Waals surface area (Å²) in [6.07, 6.45) is -3.14. The number of carbonyl (C=O) groups is 1. The van der Waals surface area contributed by atoms with Crippen LogP contribution in [0.4, 0.5) is 0 Å². The molecule has 1 aliphatic rings. The van der Waals surface area contributed by atoms with E-state index in [0.29, 0.717) is 6.42 Å². The Bertz CT molecular complexity index is 436. The Balaban J connectivity index is 2.90. The van der Waals surface area contributed by atoms with Crippen LogP contribution in [0, 0.1) is 0 Å². The first kappa shape index (κ1) is 20.9. The monoisotopic (exact) mass is 347 g/mol. The van der Waals surface area contributed by atoms with Gasteiger partial charge in [0.25, 0.3) is 0 Å². The predicted molar refractivity (Wildman–Crippen MR) is 83.4 cm³/mol. The van der Waals surface area contributed by atoms with Gasteiger partial charge in [-0.1, -0.05) is 6.92 Å². The van der Waals surface area contributed by atoms with E-state index >= 15 is 0 Å². The second-order valence-electron chi connectivity index (χ2n) is 6.19. The zero-order valence-corrected chi connectivity index (χ0v) is 14.1. The average molecular weight is 347 g/mol. The van der Waals surface area contributed by atoms with Gasteiger partial charge in [-0.25, -0.2) is 0 Å². The molecule has 1 heterocycles. The van der Waals surface area contributed by atoms with Crippen LogP contribution in [0.25, 0.3) is 0 Å². The molecule has 0 bridgehead atoms. The number of rotatable bonds is 8. The summed E-state index contributed by atoms with van der Waals surface area (Å²) in [6.45, 7) is 4.12. The van der Waals surface area contributed by atoms with Gasteiger partial charge in [0, 0.05) is 6.92 Å². The molecular weight excluding hydrogens is 320 g/mol. The molecule has 6 N–H and O–H groups in total. The Morgan fingerprint density at radius 1 is 1.50 bits per heavy atom. The Morgan fingerprint density at radius 3 is 2.58 bits per heavy atom. The largest absolute Gasteiger partial charge is 0.394 e. The number of hydrogen-bond donors (Lipinski definition) is 5. The van der Waals surface area contributed by atoms with Gasteiger partial charge in [0.05, 0.1) is 18.2 Å². The third-order valence-corrected chi connectivity index (χ3v) is 4.12. The molecule has 0 aromatic rings. The fourth-order valence-electron chi connectivity index (χ4n) is 2.72. The number of nitrogens with one attached hydrogen (secondary N) is 1. The molecule has 1 fully saturated rings. The van der Waals surface area contributed by atoms with E-state index in [9.17, 15) is 24.9 Å². The number of aliphatic hydroxyl groups is 3. The Hall–Kier alpha value is -1.10. The standard InChI is InChI=1S/C15H27N2O7/c1-4-15(16,7-19)5-8(2)23-13-11(17-9(3)20)14(22)24-10(6-18)12(13)21/h8,10-14,18,21-22H,4-6,16H2,1-3H3,(H,17,20)/t8?,10-,11-,12-,13-,14+,15?/m1/s1. The summed E-state index contributed by atoms with van der Waals surface area (Å²) in [5.41, 5.74) is 4.70. The Labute approximate surface area is 141 Å². The molecule has 1 rings (SSSR count). The molecule has 1 aliphatic heterocycles. The molecule has 1 radical (unpaired) electrons. The highest BCUT2D eigenvalue weighted by Crippen LogP contribution is 2.25. The Kier molecular flexibility index (Phi) is 7.71. The molecule has 24 heavy (non-hydrogen) atoms. The summed E-state index contributed by atoms with van der Waals surface area (Å²) < 4.78 is 10.8. The topological polar surface area (TPSA) is 151 Å². The second kappa shape index (κ2) is 8.84. The van der Waals surface area contributed by atoms with Crippen molar-refractivity contribution in [3.63, 3.8) is 0 Å². The van der Waals surface area contributed by atoms with Gasteiger partial charge < -0.3 is 35.8 Å². The molecule has 9 nitrogen and oxygen atoms in total. The van der Waals surface area contributed by atoms with Gasteiger partial charge >= 0.3 is 0 Å². The highest BCUT2D eigenvalue weighted by Gasteiger charge is 2.46. The first-order chi connectivity index (χ1) is 11.2. The summed E-state index contributed by atoms with van der Waals surface area (Å²) in [5, 5.41) is 32.0. The van der Waals surface area contributed by atoms with Gasteiger partial charge in [0.15, 0.2) is 6.29 Å². The number of carbonyl (C=O) groups excluding carboxylic acids is 2. The SMILES string of the molecule is CCC(N)([C]=O)CC(C)O[C@H]1[C@H](O)[C@@H](CO)O[C@H](O)[C@@H]1NC(C)=O. The van der Waals surface area contributed by atoms with E-state index in [-0.39, 0.29) is 6.42 Å². The van der Waals surface area contributed by atoms with Crippen molar-refractivity contribution >= 4 is 12.2 Å². The third-order valence-electron chi connectivity index (χ3n) is 4.12. The van der Waals surface area contributed by atoms with Crippen molar-refractivity contribution in [3.05, 3.63) is 0 Å². The van der Waals surface area contributed by atoms with Crippen LogP contribution in [0.5, 0.6) is 0 Å². The zero-order chi connectivity index (χ0) is 18.5. The molecule has 139 valence electrons. The molecule has 0 spiro atoms. The molecule has 9 heteroatoms. The number of amides is 1. The van der Waals surface area contributed by atoms with Crippen LogP contribution in [0.2, 0.25) is 0 Å². The van der Waals surface area contributed by atoms with Crippen molar-refractivity contribution in [1.82, 2.24) is 5.32 Å². The summed E-state index contributed by atoms with van der Waals surface area (Å²) in [7, 11) is 0. The van der Waals surface area contributed by atoms with E-state index < -0.39 is 54.8 Å². The van der Waals surface area contributed by atoms with E-state index in [2.05, 4.69) is 5.32 Å². The molecule has 1 saturated heterocycles. The van der Waals surface area contributed by atoms with Crippen LogP contribution in [-0.2, 0) is 19.1 Å². The van der Waals surface area contributed by atoms with Crippen molar-refractivity contribution in [1.29, 1.82) is 0 Å². The summed E-state index contributed by atoms with van der Waals surface area (Å²) in [6, 6.07) is -1.03. The first-order valence-electron chi connectivity index (χ1n) is 7.90. The molecule has 0 aromatic carbocycles. The molecule has 0 aromatic heterocycles. The maximum Gasteiger partial charge on any atom is 0.220 e. The minimum Gasteiger partial charge on any atom is -0.394 e. The average Bonchev–Trinajstić information content (AvgIpc) is 2.53. The van der Waals surface area contributed by atoms with Gasteiger partial charge in [-0.3, -0.25) is 9.59 Å². The highest BCUT2D eigenvalue weighted by atomic mass is 16.6. The number of aliphatic hydroxyl groups excluding tert-OH is 3. The molecule has 7 atom stereocenters. The van der Waals surface area contributed by atoms with E-state index in [1.54, 1.807) is 20.1 Å². The minimum absolute atomic E-state index is 0.143. The van der Waals surface area contributed by atoms with Crippen molar-refractivity contribution in [2.45, 2.75) is 75.9 Å². The normalized spacial score (nSPS) is 34.2. The lowest BCUT2D eigenvalue weighted by Gasteiger charge is -2.43. The molecule has 2 unspecified atom stereocenters. The summed E-state index contributed by atoms with van der Waals surface area (Å²) in [5.74, 6) is -0.443. The number of ether oxygens (including phenoxy) is 2. The van der Waals surface area contributed by atoms with E-state index in [0.717, 1.165) is 0 Å². The summed E-state index contributed by atoms with van der Waals surface area (Å²) >= 11 is 0. The lowest BCUT2D eigenvalue weighted by Crippen LogP contribution is -2.65. The van der Waals surface area contributed by atoms with Gasteiger partial charge in [0.2, 0.25) is 12.2 Å². The number of nitrogens with two attached hydrogens (primary N) is 1. The van der Waals surface area contributed by atoms with Gasteiger partial charge in [-0.2, -0.15) is 0 Å². The predicted octanol–water partition coefficient (Wildman–Crippen LogP) is -2.06. The minimum atomic E-state index is -1.46. The van der Waals surface area contributed by atoms with Crippen molar-refractivity contribution in [3.8, 4) is 0 Å². The first-order valence-corrected chi connectivity index (χ1v) is 7.90. The third kappa shape index (κ3) is 5.20. The van der Waals surface area contributed by atoms with E-state index in [1.807, 2.05) is 0 Å². The maximum atomic E-state index is 11.3. The van der Waals surface area contributed by atoms with E-state index in [4.69, 9.17) is 15.2 Å². The van der Waals surface area contributed by atoms with Crippen LogP contribution in [0.3, 0.4) is 0 Å². The van der Waals surface area contributed by atoms with Gasteiger partial charge in [-0.05, 0) is 19.8 Å². The lowest BCUT2D eigenvalue weighted by molar-refractivity contribution is -0.268. The fourth-order valence-corrected chi connectivity index (χ4v) is 2.72. The maximum absolute atomic E-state index is 11.3. The Morgan fingerprint density at radius 2 is 2.12 bits per heavy atom. The zero-order valence-electron chi connectivity index (χ0n) is 14.1. The summed E-state index contributed by atoms with van der Waals surface area (Å²) in [4.78, 5) is 22.3. The molecular formula is C15H27N2O7. The number of hydrogen-bond acceptors (Lipinski definition) is 8. The fraction of sp³-hybridized carbons (Fsp3) is 0.867.